The molecule has 0 bridgehead atoms. The van der Waals surface area contributed by atoms with Gasteiger partial charge in [-0.3, -0.25) is 10.1 Å². The number of nitrogens with zero attached hydrogens (tertiary/aromatic N) is 1. The molecule has 0 spiro atoms. The van der Waals surface area contributed by atoms with E-state index in [1.165, 1.54) is 24.8 Å². The van der Waals surface area contributed by atoms with Crippen molar-refractivity contribution >= 4 is 5.91 Å². The van der Waals surface area contributed by atoms with Crippen LogP contribution in [0.5, 0.6) is 0 Å². The van der Waals surface area contributed by atoms with Crippen LogP contribution >= 0.6 is 0 Å². The monoisotopic (exact) mass is 288 g/mol. The van der Waals surface area contributed by atoms with E-state index in [2.05, 4.69) is 43.1 Å². The van der Waals surface area contributed by atoms with Crippen molar-refractivity contribution in [3.63, 3.8) is 0 Å². The molecule has 1 aliphatic heterocycles. The van der Waals surface area contributed by atoms with Gasteiger partial charge in [0.1, 0.15) is 6.17 Å². The molecule has 3 unspecified atom stereocenters. The highest BCUT2D eigenvalue weighted by Gasteiger charge is 2.40. The Morgan fingerprint density at radius 3 is 2.52 bits per heavy atom. The van der Waals surface area contributed by atoms with Gasteiger partial charge in [0.15, 0.2) is 0 Å². The molecule has 1 aromatic rings. The fraction of sp³-hybridized carbons (Fsp3) is 0.611. The van der Waals surface area contributed by atoms with Gasteiger partial charge in [-0.2, -0.15) is 0 Å². The second-order valence-corrected chi connectivity index (χ2v) is 6.03. The summed E-state index contributed by atoms with van der Waals surface area (Å²) in [7, 11) is 0. The van der Waals surface area contributed by atoms with E-state index in [0.29, 0.717) is 6.04 Å². The van der Waals surface area contributed by atoms with E-state index >= 15 is 0 Å². The lowest BCUT2D eigenvalue weighted by Gasteiger charge is -2.30. The Morgan fingerprint density at radius 1 is 1.19 bits per heavy atom. The Bertz CT molecular complexity index is 446. The van der Waals surface area contributed by atoms with E-state index in [4.69, 9.17) is 0 Å². The Morgan fingerprint density at radius 2 is 1.90 bits per heavy atom. The van der Waals surface area contributed by atoms with Crippen LogP contribution < -0.4 is 5.32 Å². The minimum Gasteiger partial charge on any atom is -0.319 e. The van der Waals surface area contributed by atoms with Crippen LogP contribution in [0.25, 0.3) is 0 Å². The number of carbonyl (C=O) groups excluding carboxylic acids is 1. The molecule has 1 aromatic carbocycles. The van der Waals surface area contributed by atoms with Gasteiger partial charge in [0.25, 0.3) is 0 Å². The van der Waals surface area contributed by atoms with E-state index in [-0.39, 0.29) is 18.1 Å². The molecule has 1 amide bonds. The lowest BCUT2D eigenvalue weighted by atomic mass is 10.1. The summed E-state index contributed by atoms with van der Waals surface area (Å²) >= 11 is 0. The summed E-state index contributed by atoms with van der Waals surface area (Å²) in [6, 6.07) is 10.6. The van der Waals surface area contributed by atoms with Crippen LogP contribution in [0.3, 0.4) is 0 Å². The second kappa shape index (κ2) is 7.60. The first-order valence-corrected chi connectivity index (χ1v) is 8.32. The molecular weight excluding hydrogens is 260 g/mol. The van der Waals surface area contributed by atoms with Gasteiger partial charge < -0.3 is 4.90 Å². The average Bonchev–Trinajstić information content (AvgIpc) is 2.85. The van der Waals surface area contributed by atoms with Crippen LogP contribution in [0.1, 0.15) is 64.6 Å². The van der Waals surface area contributed by atoms with E-state index in [9.17, 15) is 4.79 Å². The number of unbranched alkanes of at least 4 members (excludes halogenated alkanes) is 2. The van der Waals surface area contributed by atoms with Crippen molar-refractivity contribution in [3.05, 3.63) is 35.9 Å². The lowest BCUT2D eigenvalue weighted by Crippen LogP contribution is -2.38. The predicted octanol–water partition coefficient (Wildman–Crippen LogP) is 3.86. The minimum absolute atomic E-state index is 0.0280. The van der Waals surface area contributed by atoms with Crippen molar-refractivity contribution in [2.75, 3.05) is 0 Å². The van der Waals surface area contributed by atoms with Crippen molar-refractivity contribution in [1.29, 1.82) is 0 Å². The zero-order valence-electron chi connectivity index (χ0n) is 13.5. The lowest BCUT2D eigenvalue weighted by molar-refractivity contribution is -0.132. The summed E-state index contributed by atoms with van der Waals surface area (Å²) in [5.74, 6) is 0.260. The van der Waals surface area contributed by atoms with Gasteiger partial charge in [-0.1, -0.05) is 63.4 Å². The normalized spacial score (nSPS) is 23.6. The average molecular weight is 288 g/mol. The topological polar surface area (TPSA) is 32.3 Å². The van der Waals surface area contributed by atoms with E-state index < -0.39 is 0 Å². The highest BCUT2D eigenvalue weighted by molar-refractivity contribution is 5.84. The van der Waals surface area contributed by atoms with Crippen LogP contribution in [0, 0.1) is 0 Å². The van der Waals surface area contributed by atoms with Crippen molar-refractivity contribution in [3.8, 4) is 0 Å². The van der Waals surface area contributed by atoms with Gasteiger partial charge in [0, 0.05) is 6.04 Å². The number of carbonyl (C=O) groups is 1. The van der Waals surface area contributed by atoms with Crippen molar-refractivity contribution < 1.29 is 4.79 Å². The van der Waals surface area contributed by atoms with Gasteiger partial charge in [-0.25, -0.2) is 0 Å². The summed E-state index contributed by atoms with van der Waals surface area (Å²) in [6.07, 6.45) is 5.62. The molecule has 116 valence electrons. The Kier molecular flexibility index (Phi) is 5.80. The minimum atomic E-state index is -0.0381. The third-order valence-electron chi connectivity index (χ3n) is 4.41. The maximum Gasteiger partial charge on any atom is 0.241 e. The molecule has 21 heavy (non-hydrogen) atoms. The van der Waals surface area contributed by atoms with Gasteiger partial charge in [0.2, 0.25) is 5.91 Å². The SMILES string of the molecule is CCCCCC(C)N1C(=O)C(CC)NC1c1ccccc1. The first kappa shape index (κ1) is 16.0. The number of hydrogen-bond acceptors (Lipinski definition) is 2. The Balaban J connectivity index is 2.15. The fourth-order valence-electron chi connectivity index (χ4n) is 3.13. The summed E-state index contributed by atoms with van der Waals surface area (Å²) in [4.78, 5) is 14.7. The van der Waals surface area contributed by atoms with Gasteiger partial charge >= 0.3 is 0 Å². The summed E-state index contributed by atoms with van der Waals surface area (Å²) in [6.45, 7) is 6.47. The summed E-state index contributed by atoms with van der Waals surface area (Å²) in [5, 5.41) is 3.50. The van der Waals surface area contributed by atoms with E-state index in [0.717, 1.165) is 12.8 Å². The largest absolute Gasteiger partial charge is 0.319 e. The first-order valence-electron chi connectivity index (χ1n) is 8.32. The number of rotatable bonds is 7. The Hall–Kier alpha value is -1.35. The molecule has 0 radical (unpaired) electrons. The predicted molar refractivity (Wildman–Crippen MR) is 86.8 cm³/mol. The third kappa shape index (κ3) is 3.65. The number of hydrogen-bond donors (Lipinski definition) is 1. The van der Waals surface area contributed by atoms with Gasteiger partial charge in [-0.05, 0) is 25.3 Å². The third-order valence-corrected chi connectivity index (χ3v) is 4.41. The molecule has 3 heteroatoms. The molecule has 1 aliphatic rings. The van der Waals surface area contributed by atoms with Crippen LogP contribution in [-0.4, -0.2) is 22.9 Å². The van der Waals surface area contributed by atoms with Crippen molar-refractivity contribution in [2.45, 2.75) is 71.1 Å². The maximum absolute atomic E-state index is 12.7. The van der Waals surface area contributed by atoms with E-state index in [1.807, 2.05) is 18.2 Å². The van der Waals surface area contributed by atoms with Gasteiger partial charge in [-0.15, -0.1) is 0 Å². The van der Waals surface area contributed by atoms with Crippen LogP contribution in [0.2, 0.25) is 0 Å². The highest BCUT2D eigenvalue weighted by atomic mass is 16.2. The molecule has 0 saturated carbocycles. The molecule has 3 atom stereocenters. The number of benzene rings is 1. The molecule has 3 nitrogen and oxygen atoms in total. The number of amides is 1. The molecule has 0 aromatic heterocycles. The quantitative estimate of drug-likeness (QED) is 0.773. The standard InChI is InChI=1S/C18H28N2O/c1-4-6-8-11-14(3)20-17(15-12-9-7-10-13-15)19-16(5-2)18(20)21/h7,9-10,12-14,16-17,19H,4-6,8,11H2,1-3H3. The zero-order valence-corrected chi connectivity index (χ0v) is 13.5. The maximum atomic E-state index is 12.7. The van der Waals surface area contributed by atoms with Crippen LogP contribution in [-0.2, 0) is 4.79 Å². The van der Waals surface area contributed by atoms with Crippen molar-refractivity contribution in [2.24, 2.45) is 0 Å². The fourth-order valence-corrected chi connectivity index (χ4v) is 3.13. The van der Waals surface area contributed by atoms with Crippen LogP contribution in [0.4, 0.5) is 0 Å². The smallest absolute Gasteiger partial charge is 0.241 e. The molecule has 1 fully saturated rings. The van der Waals surface area contributed by atoms with Gasteiger partial charge in [0.05, 0.1) is 6.04 Å². The summed E-state index contributed by atoms with van der Waals surface area (Å²) < 4.78 is 0. The zero-order chi connectivity index (χ0) is 15.2. The molecule has 1 saturated heterocycles. The van der Waals surface area contributed by atoms with E-state index in [1.54, 1.807) is 0 Å². The molecular formula is C18H28N2O. The van der Waals surface area contributed by atoms with Crippen LogP contribution in [0.15, 0.2) is 30.3 Å². The summed E-state index contributed by atoms with van der Waals surface area (Å²) in [5.41, 5.74) is 1.18. The first-order chi connectivity index (χ1) is 10.2. The molecule has 1 N–H and O–H groups in total. The highest BCUT2D eigenvalue weighted by Crippen LogP contribution is 2.30. The number of nitrogens with one attached hydrogen (secondary N) is 1. The molecule has 1 heterocycles. The Labute approximate surface area is 128 Å². The van der Waals surface area contributed by atoms with Crippen molar-refractivity contribution in [1.82, 2.24) is 10.2 Å². The molecule has 0 aliphatic carbocycles. The molecule has 2 rings (SSSR count). The second-order valence-electron chi connectivity index (χ2n) is 6.03.